The van der Waals surface area contributed by atoms with Crippen LogP contribution in [0.1, 0.15) is 31.9 Å². The summed E-state index contributed by atoms with van der Waals surface area (Å²) < 4.78 is 28.5. The van der Waals surface area contributed by atoms with Crippen LogP contribution in [0.15, 0.2) is 83.8 Å². The number of aryl methyl sites for hydroxylation is 1. The van der Waals surface area contributed by atoms with Crippen LogP contribution in [0.25, 0.3) is 0 Å². The van der Waals surface area contributed by atoms with Gasteiger partial charge in [-0.15, -0.1) is 0 Å². The van der Waals surface area contributed by atoms with E-state index in [9.17, 15) is 18.0 Å². The van der Waals surface area contributed by atoms with Crippen LogP contribution in [0.3, 0.4) is 0 Å². The van der Waals surface area contributed by atoms with Gasteiger partial charge in [0.2, 0.25) is 11.8 Å². The molecule has 0 spiro atoms. The molecule has 0 bridgehead atoms. The minimum atomic E-state index is -4.15. The maximum atomic E-state index is 13.9. The Balaban J connectivity index is 2.02. The van der Waals surface area contributed by atoms with Gasteiger partial charge in [-0.25, -0.2) is 8.42 Å². The lowest BCUT2D eigenvalue weighted by molar-refractivity contribution is -0.139. The molecule has 1 N–H and O–H groups in total. The van der Waals surface area contributed by atoms with Crippen molar-refractivity contribution < 1.29 is 18.0 Å². The molecule has 202 valence electrons. The molecule has 7 nitrogen and oxygen atoms in total. The van der Waals surface area contributed by atoms with E-state index in [4.69, 9.17) is 11.6 Å². The van der Waals surface area contributed by atoms with E-state index in [-0.39, 0.29) is 34.0 Å². The van der Waals surface area contributed by atoms with Crippen LogP contribution in [-0.2, 0) is 26.2 Å². The summed E-state index contributed by atoms with van der Waals surface area (Å²) in [6, 6.07) is 21.1. The number of hydrogen-bond acceptors (Lipinski definition) is 4. The minimum absolute atomic E-state index is 0.0286. The zero-order valence-electron chi connectivity index (χ0n) is 22.1. The van der Waals surface area contributed by atoms with Gasteiger partial charge >= 0.3 is 0 Å². The first-order valence-electron chi connectivity index (χ1n) is 12.5. The molecule has 2 amide bonds. The van der Waals surface area contributed by atoms with E-state index in [1.165, 1.54) is 17.0 Å². The van der Waals surface area contributed by atoms with Gasteiger partial charge in [0.05, 0.1) is 15.6 Å². The van der Waals surface area contributed by atoms with Crippen molar-refractivity contribution in [1.82, 2.24) is 10.2 Å². The third-order valence-electron chi connectivity index (χ3n) is 6.18. The monoisotopic (exact) mass is 555 g/mol. The predicted molar refractivity (Wildman–Crippen MR) is 151 cm³/mol. The van der Waals surface area contributed by atoms with Crippen molar-refractivity contribution in [2.24, 2.45) is 5.92 Å². The molecule has 0 aromatic heterocycles. The van der Waals surface area contributed by atoms with Gasteiger partial charge < -0.3 is 10.2 Å². The summed E-state index contributed by atoms with van der Waals surface area (Å²) in [5, 5.41) is 3.07. The van der Waals surface area contributed by atoms with E-state index in [2.05, 4.69) is 5.32 Å². The van der Waals surface area contributed by atoms with Crippen molar-refractivity contribution >= 4 is 39.1 Å². The molecule has 0 aliphatic carbocycles. The van der Waals surface area contributed by atoms with Crippen LogP contribution < -0.4 is 9.62 Å². The number of sulfonamides is 1. The number of nitrogens with zero attached hydrogens (tertiary/aromatic N) is 2. The van der Waals surface area contributed by atoms with E-state index < -0.39 is 28.5 Å². The first-order chi connectivity index (χ1) is 18.0. The number of anilines is 1. The molecule has 0 radical (unpaired) electrons. The van der Waals surface area contributed by atoms with Crippen molar-refractivity contribution in [3.63, 3.8) is 0 Å². The molecule has 0 saturated heterocycles. The topological polar surface area (TPSA) is 86.8 Å². The van der Waals surface area contributed by atoms with Crippen molar-refractivity contribution in [2.75, 3.05) is 17.4 Å². The van der Waals surface area contributed by atoms with Gasteiger partial charge in [-0.3, -0.25) is 13.9 Å². The predicted octanol–water partition coefficient (Wildman–Crippen LogP) is 5.03. The van der Waals surface area contributed by atoms with Crippen LogP contribution in [0.4, 0.5) is 5.69 Å². The lowest BCUT2D eigenvalue weighted by Crippen LogP contribution is -2.51. The van der Waals surface area contributed by atoms with Crippen LogP contribution in [0.5, 0.6) is 0 Å². The Morgan fingerprint density at radius 1 is 0.895 bits per heavy atom. The number of benzene rings is 3. The molecule has 3 aromatic rings. The van der Waals surface area contributed by atoms with Crippen LogP contribution in [-0.4, -0.2) is 44.3 Å². The maximum Gasteiger partial charge on any atom is 0.264 e. The quantitative estimate of drug-likeness (QED) is 0.359. The summed E-state index contributed by atoms with van der Waals surface area (Å²) in [5.74, 6) is -0.603. The Kier molecular flexibility index (Phi) is 9.94. The fraction of sp³-hybridized carbons (Fsp3) is 0.310. The van der Waals surface area contributed by atoms with Crippen LogP contribution in [0.2, 0.25) is 5.02 Å². The van der Waals surface area contributed by atoms with Gasteiger partial charge in [-0.05, 0) is 55.2 Å². The molecule has 0 unspecified atom stereocenters. The number of amides is 2. The molecular formula is C29H34ClN3O4S. The number of rotatable bonds is 11. The maximum absolute atomic E-state index is 13.9. The first kappa shape index (κ1) is 29.2. The Morgan fingerprint density at radius 3 is 2.13 bits per heavy atom. The second-order valence-electron chi connectivity index (χ2n) is 9.54. The fourth-order valence-electron chi connectivity index (χ4n) is 3.89. The highest BCUT2D eigenvalue weighted by molar-refractivity contribution is 7.92. The lowest BCUT2D eigenvalue weighted by Gasteiger charge is -2.32. The highest BCUT2D eigenvalue weighted by atomic mass is 35.5. The largest absolute Gasteiger partial charge is 0.354 e. The van der Waals surface area contributed by atoms with Crippen molar-refractivity contribution in [2.45, 2.75) is 45.2 Å². The van der Waals surface area contributed by atoms with E-state index in [1.54, 1.807) is 49.4 Å². The number of halogens is 1. The van der Waals surface area contributed by atoms with E-state index >= 15 is 0 Å². The highest BCUT2D eigenvalue weighted by Crippen LogP contribution is 2.30. The van der Waals surface area contributed by atoms with Gasteiger partial charge in [0.1, 0.15) is 12.6 Å². The number of nitrogens with one attached hydrogen (secondary N) is 1. The Morgan fingerprint density at radius 2 is 1.50 bits per heavy atom. The van der Waals surface area contributed by atoms with Crippen LogP contribution in [0, 0.1) is 12.8 Å². The number of para-hydroxylation sites is 1. The molecule has 9 heteroatoms. The number of carbonyl (C=O) groups is 2. The van der Waals surface area contributed by atoms with E-state index in [1.807, 2.05) is 45.0 Å². The lowest BCUT2D eigenvalue weighted by atomic mass is 10.1. The summed E-state index contributed by atoms with van der Waals surface area (Å²) in [6.45, 7) is 7.62. The van der Waals surface area contributed by atoms with Crippen molar-refractivity contribution in [3.05, 3.63) is 95.0 Å². The summed E-state index contributed by atoms with van der Waals surface area (Å²) in [6.07, 6.45) is 0. The third kappa shape index (κ3) is 7.14. The summed E-state index contributed by atoms with van der Waals surface area (Å²) in [4.78, 5) is 28.4. The highest BCUT2D eigenvalue weighted by Gasteiger charge is 2.33. The van der Waals surface area contributed by atoms with E-state index in [0.29, 0.717) is 6.54 Å². The second-order valence-corrected chi connectivity index (χ2v) is 11.8. The first-order valence-corrected chi connectivity index (χ1v) is 14.3. The molecule has 0 saturated carbocycles. The van der Waals surface area contributed by atoms with Gasteiger partial charge in [-0.1, -0.05) is 80.0 Å². The standard InChI is InChI=1S/C29H34ClN3O4S/c1-21(2)18-31-29(35)23(4)32(19-24-13-9-8-12-22(24)3)28(34)20-33(27-17-11-10-16-26(27)30)38(36,37)25-14-6-5-7-15-25/h5-17,21,23H,18-20H2,1-4H3,(H,31,35)/t23-/m1/s1. The average Bonchev–Trinajstić information content (AvgIpc) is 2.90. The Labute approximate surface area is 230 Å². The summed E-state index contributed by atoms with van der Waals surface area (Å²) >= 11 is 6.41. The normalized spacial score (nSPS) is 12.2. The van der Waals surface area contributed by atoms with E-state index in [0.717, 1.165) is 15.4 Å². The Bertz CT molecular complexity index is 1360. The SMILES string of the molecule is Cc1ccccc1CN(C(=O)CN(c1ccccc1Cl)S(=O)(=O)c1ccccc1)[C@H](C)C(=O)NCC(C)C. The zero-order valence-corrected chi connectivity index (χ0v) is 23.7. The Hall–Kier alpha value is -3.36. The van der Waals surface area contributed by atoms with Gasteiger partial charge in [-0.2, -0.15) is 0 Å². The second kappa shape index (κ2) is 12.9. The number of carbonyl (C=O) groups excluding carboxylic acids is 2. The zero-order chi connectivity index (χ0) is 27.9. The molecule has 0 aliphatic heterocycles. The molecule has 1 atom stereocenters. The average molecular weight is 556 g/mol. The molecular weight excluding hydrogens is 522 g/mol. The van der Waals surface area contributed by atoms with Gasteiger partial charge in [0.15, 0.2) is 0 Å². The molecule has 38 heavy (non-hydrogen) atoms. The van der Waals surface area contributed by atoms with Gasteiger partial charge in [0.25, 0.3) is 10.0 Å². The molecule has 0 aliphatic rings. The fourth-order valence-corrected chi connectivity index (χ4v) is 5.64. The third-order valence-corrected chi connectivity index (χ3v) is 8.28. The molecule has 0 heterocycles. The van der Waals surface area contributed by atoms with Crippen molar-refractivity contribution in [3.8, 4) is 0 Å². The minimum Gasteiger partial charge on any atom is -0.354 e. The van der Waals surface area contributed by atoms with Crippen molar-refractivity contribution in [1.29, 1.82) is 0 Å². The van der Waals surface area contributed by atoms with Crippen LogP contribution >= 0.6 is 11.6 Å². The summed E-state index contributed by atoms with van der Waals surface area (Å²) in [5.41, 5.74) is 2.00. The molecule has 3 rings (SSSR count). The number of hydrogen-bond donors (Lipinski definition) is 1. The smallest absolute Gasteiger partial charge is 0.264 e. The molecule has 0 fully saturated rings. The summed E-state index contributed by atoms with van der Waals surface area (Å²) in [7, 11) is -4.15. The van der Waals surface area contributed by atoms with Gasteiger partial charge in [0, 0.05) is 13.1 Å². The molecule has 3 aromatic carbocycles.